The summed E-state index contributed by atoms with van der Waals surface area (Å²) in [6.07, 6.45) is 14.1. The number of unbranched alkanes of at least 4 members (excludes halogenated alkanes) is 3. The van der Waals surface area contributed by atoms with Crippen molar-refractivity contribution in [2.24, 2.45) is 0 Å². The van der Waals surface area contributed by atoms with Crippen LogP contribution in [-0.4, -0.2) is 46.7 Å². The fourth-order valence-corrected chi connectivity index (χ4v) is 21.5. The van der Waals surface area contributed by atoms with E-state index in [-0.39, 0.29) is 12.1 Å². The number of hydrogen-bond donors (Lipinski definition) is 0. The minimum absolute atomic E-state index is 0.0617. The van der Waals surface area contributed by atoms with Gasteiger partial charge >= 0.3 is 287 Å². The van der Waals surface area contributed by atoms with E-state index in [0.29, 0.717) is 13.2 Å². The average molecular weight is 731 g/mol. The molecule has 0 amide bonds. The van der Waals surface area contributed by atoms with Gasteiger partial charge in [-0.3, -0.25) is 0 Å². The van der Waals surface area contributed by atoms with Crippen molar-refractivity contribution >= 4 is 18.4 Å². The second kappa shape index (κ2) is 21.1. The second-order valence-corrected chi connectivity index (χ2v) is 27.3. The van der Waals surface area contributed by atoms with E-state index in [1.165, 1.54) is 86.9 Å². The Kier molecular flexibility index (Phi) is 17.0. The Balaban J connectivity index is 1.69. The molecule has 0 heterocycles. The van der Waals surface area contributed by atoms with Crippen LogP contribution in [0.5, 0.6) is 0 Å². The van der Waals surface area contributed by atoms with Gasteiger partial charge in [0, 0.05) is 0 Å². The van der Waals surface area contributed by atoms with Crippen LogP contribution in [0.1, 0.15) is 95.2 Å². The third kappa shape index (κ3) is 12.3. The zero-order chi connectivity index (χ0) is 32.3. The summed E-state index contributed by atoms with van der Waals surface area (Å²) >= 11 is -2.54. The molecule has 1 aliphatic rings. The van der Waals surface area contributed by atoms with Gasteiger partial charge in [0.15, 0.2) is 0 Å². The molecule has 3 nitrogen and oxygen atoms in total. The monoisotopic (exact) mass is 731 g/mol. The third-order valence-corrected chi connectivity index (χ3v) is 24.2. The Morgan fingerprint density at radius 2 is 1.17 bits per heavy atom. The summed E-state index contributed by atoms with van der Waals surface area (Å²) in [6, 6.07) is 32.8. The Morgan fingerprint density at radius 3 is 1.63 bits per heavy atom. The Morgan fingerprint density at radius 1 is 0.674 bits per heavy atom. The summed E-state index contributed by atoms with van der Waals surface area (Å²) in [5.74, 6) is 0. The number of nitrogens with zero attached hydrogens (tertiary/aromatic N) is 1. The molecule has 0 aliphatic heterocycles. The standard InChI is InChI=1S/C30H34NO2.3C4H9.Sn/c1-32-30(28-19-11-12-20-28)29(24-33-23-27-17-9-4-10-18-27)31(21-25-13-5-2-6-14-25)22-26-15-7-3-8-16-26;3*1-3-4-2;/h2-10,13-19,29-30H,1,11-12,20-24H2;3*1,3-4H2,2H3;/t29-,30-;;;;/m0..../s1. The molecule has 0 N–H and O–H groups in total. The maximum absolute atomic E-state index is 7.51. The average Bonchev–Trinajstić information content (AvgIpc) is 3.64. The number of ether oxygens (including phenoxy) is 2. The quantitative estimate of drug-likeness (QED) is 0.0716. The molecule has 3 aromatic carbocycles. The summed E-state index contributed by atoms with van der Waals surface area (Å²) in [7, 11) is 0. The van der Waals surface area contributed by atoms with Gasteiger partial charge in [0.1, 0.15) is 0 Å². The van der Waals surface area contributed by atoms with Crippen LogP contribution in [0.15, 0.2) is 103 Å². The molecule has 0 fully saturated rings. The van der Waals surface area contributed by atoms with E-state index in [1.54, 1.807) is 0 Å². The SMILES string of the molecule is CCC[CH2][Sn]([CH2]CCC)([CH2]CCC)[CH2]O[C@@H](C1=CCCC1)[C@H](COCc1ccccc1)N(Cc1ccccc1)Cc1ccccc1. The van der Waals surface area contributed by atoms with Crippen LogP contribution >= 0.6 is 0 Å². The fourth-order valence-electron chi connectivity index (χ4n) is 7.12. The molecule has 0 aromatic heterocycles. The normalized spacial score (nSPS) is 14.8. The van der Waals surface area contributed by atoms with Crippen molar-refractivity contribution in [1.29, 1.82) is 0 Å². The van der Waals surface area contributed by atoms with E-state index >= 15 is 0 Å². The summed E-state index contributed by atoms with van der Waals surface area (Å²) in [5.41, 5.74) is 5.42. The summed E-state index contributed by atoms with van der Waals surface area (Å²) in [6.45, 7) is 10.1. The van der Waals surface area contributed by atoms with Gasteiger partial charge in [-0.2, -0.15) is 0 Å². The van der Waals surface area contributed by atoms with Gasteiger partial charge < -0.3 is 0 Å². The predicted octanol–water partition coefficient (Wildman–Crippen LogP) is 11.2. The summed E-state index contributed by atoms with van der Waals surface area (Å²) in [4.78, 5) is 2.67. The van der Waals surface area contributed by atoms with E-state index in [2.05, 4.69) is 123 Å². The molecule has 4 rings (SSSR count). The van der Waals surface area contributed by atoms with E-state index in [4.69, 9.17) is 9.47 Å². The molecular formula is C42H61NO2Sn. The second-order valence-electron chi connectivity index (χ2n) is 13.7. The molecule has 0 radical (unpaired) electrons. The van der Waals surface area contributed by atoms with Crippen molar-refractivity contribution in [3.63, 3.8) is 0 Å². The van der Waals surface area contributed by atoms with Gasteiger partial charge in [0.2, 0.25) is 0 Å². The molecular weight excluding hydrogens is 669 g/mol. The zero-order valence-corrected chi connectivity index (χ0v) is 32.0. The van der Waals surface area contributed by atoms with Crippen molar-refractivity contribution in [2.75, 3.05) is 11.2 Å². The van der Waals surface area contributed by atoms with Gasteiger partial charge in [-0.25, -0.2) is 0 Å². The molecule has 4 heteroatoms. The predicted molar refractivity (Wildman–Crippen MR) is 199 cm³/mol. The Hall–Kier alpha value is -1.92. The topological polar surface area (TPSA) is 21.7 Å². The van der Waals surface area contributed by atoms with E-state index < -0.39 is 18.4 Å². The van der Waals surface area contributed by atoms with Crippen LogP contribution in [0.3, 0.4) is 0 Å². The first-order valence-electron chi connectivity index (χ1n) is 18.4. The van der Waals surface area contributed by atoms with Crippen molar-refractivity contribution in [3.8, 4) is 0 Å². The zero-order valence-electron chi connectivity index (χ0n) is 29.2. The Labute approximate surface area is 285 Å². The van der Waals surface area contributed by atoms with Crippen LogP contribution < -0.4 is 0 Å². The summed E-state index contributed by atoms with van der Waals surface area (Å²) < 4.78 is 19.7. The number of hydrogen-bond acceptors (Lipinski definition) is 3. The molecule has 0 spiro atoms. The van der Waals surface area contributed by atoms with Crippen molar-refractivity contribution in [3.05, 3.63) is 119 Å². The molecule has 0 bridgehead atoms. The van der Waals surface area contributed by atoms with E-state index in [1.807, 2.05) is 0 Å². The van der Waals surface area contributed by atoms with E-state index in [0.717, 1.165) is 24.1 Å². The Bertz CT molecular complexity index is 1170. The van der Waals surface area contributed by atoms with Gasteiger partial charge in [-0.1, -0.05) is 0 Å². The van der Waals surface area contributed by atoms with Gasteiger partial charge in [-0.15, -0.1) is 0 Å². The number of benzene rings is 3. The van der Waals surface area contributed by atoms with Crippen molar-refractivity contribution in [2.45, 2.75) is 124 Å². The molecule has 2 atom stereocenters. The molecule has 0 saturated carbocycles. The first-order chi connectivity index (χ1) is 22.7. The van der Waals surface area contributed by atoms with Crippen LogP contribution in [0.25, 0.3) is 0 Å². The van der Waals surface area contributed by atoms with Crippen molar-refractivity contribution < 1.29 is 9.47 Å². The van der Waals surface area contributed by atoms with Crippen LogP contribution in [0, 0.1) is 0 Å². The number of rotatable bonds is 23. The molecule has 46 heavy (non-hydrogen) atoms. The molecule has 250 valence electrons. The van der Waals surface area contributed by atoms with Gasteiger partial charge in [0.05, 0.1) is 0 Å². The van der Waals surface area contributed by atoms with E-state index in [9.17, 15) is 0 Å². The van der Waals surface area contributed by atoms with Crippen LogP contribution in [0.4, 0.5) is 0 Å². The minimum atomic E-state index is -2.54. The first kappa shape index (κ1) is 36.9. The first-order valence-corrected chi connectivity index (χ1v) is 26.5. The van der Waals surface area contributed by atoms with Crippen LogP contribution in [-0.2, 0) is 29.2 Å². The molecule has 0 saturated heterocycles. The molecule has 3 aromatic rings. The summed E-state index contributed by atoms with van der Waals surface area (Å²) in [5, 5.41) is 0. The molecule has 1 aliphatic carbocycles. The number of allylic oxidation sites excluding steroid dienone is 1. The molecule has 0 unspecified atom stereocenters. The fraction of sp³-hybridized carbons (Fsp3) is 0.524. The van der Waals surface area contributed by atoms with Crippen LogP contribution in [0.2, 0.25) is 13.3 Å². The van der Waals surface area contributed by atoms with Gasteiger partial charge in [0.25, 0.3) is 0 Å². The third-order valence-electron chi connectivity index (χ3n) is 9.87. The maximum atomic E-state index is 7.51. The van der Waals surface area contributed by atoms with Crippen molar-refractivity contribution in [1.82, 2.24) is 4.90 Å². The van der Waals surface area contributed by atoms with Gasteiger partial charge in [-0.05, 0) is 0 Å².